The van der Waals surface area contributed by atoms with Crippen molar-refractivity contribution in [1.29, 1.82) is 0 Å². The van der Waals surface area contributed by atoms with E-state index < -0.39 is 12.1 Å². The highest BCUT2D eigenvalue weighted by Gasteiger charge is 2.20. The lowest BCUT2D eigenvalue weighted by molar-refractivity contribution is -0.143. The van der Waals surface area contributed by atoms with E-state index in [-0.39, 0.29) is 18.5 Å². The Hall–Kier alpha value is -1.66. The number of carbonyl (C=O) groups excluding carboxylic acids is 2. The SMILES string of the molecule is CCCCCCCCCCCCCCCCCCCCCCCCC(O)C(CO)NC(=O)CCCCCCCCCCCCCCC/C=C\C/C=C\CCCCCCCCCCCOC(=O)CCCCCCCCCCCCCC. The minimum Gasteiger partial charge on any atom is -0.466 e. The number of carbonyl (C=O) groups is 2. The van der Waals surface area contributed by atoms with E-state index in [0.29, 0.717) is 25.9 Å². The van der Waals surface area contributed by atoms with E-state index in [1.807, 2.05) is 0 Å². The van der Waals surface area contributed by atoms with Crippen molar-refractivity contribution in [2.24, 2.45) is 0 Å². The highest BCUT2D eigenvalue weighted by atomic mass is 16.5. The Labute approximate surface area is 501 Å². The van der Waals surface area contributed by atoms with Gasteiger partial charge in [-0.25, -0.2) is 0 Å². The highest BCUT2D eigenvalue weighted by molar-refractivity contribution is 5.76. The minimum atomic E-state index is -0.666. The lowest BCUT2D eigenvalue weighted by atomic mass is 10.0. The van der Waals surface area contributed by atoms with E-state index in [2.05, 4.69) is 43.5 Å². The molecule has 474 valence electrons. The number of allylic oxidation sites excluding steroid dienone is 4. The average molecular weight is 1130 g/mol. The Morgan fingerprint density at radius 1 is 0.350 bits per heavy atom. The van der Waals surface area contributed by atoms with Crippen LogP contribution in [0.25, 0.3) is 0 Å². The van der Waals surface area contributed by atoms with Crippen molar-refractivity contribution >= 4 is 11.9 Å². The summed E-state index contributed by atoms with van der Waals surface area (Å²) in [4.78, 5) is 24.6. The van der Waals surface area contributed by atoms with Crippen molar-refractivity contribution in [1.82, 2.24) is 5.32 Å². The number of rotatable bonds is 69. The van der Waals surface area contributed by atoms with E-state index in [0.717, 1.165) is 44.9 Å². The lowest BCUT2D eigenvalue weighted by Crippen LogP contribution is -2.45. The zero-order valence-electron chi connectivity index (χ0n) is 54.3. The molecule has 0 radical (unpaired) electrons. The summed E-state index contributed by atoms with van der Waals surface area (Å²) in [6.45, 7) is 4.99. The molecule has 0 aromatic heterocycles. The monoisotopic (exact) mass is 1130 g/mol. The van der Waals surface area contributed by atoms with E-state index in [9.17, 15) is 19.8 Å². The maximum absolute atomic E-state index is 12.6. The molecule has 0 heterocycles. The average Bonchev–Trinajstić information content (AvgIpc) is 3.46. The number of ether oxygens (including phenoxy) is 1. The van der Waals surface area contributed by atoms with Crippen LogP contribution in [0.4, 0.5) is 0 Å². The first-order valence-corrected chi connectivity index (χ1v) is 36.6. The Kier molecular flexibility index (Phi) is 68.4. The highest BCUT2D eigenvalue weighted by Crippen LogP contribution is 2.19. The van der Waals surface area contributed by atoms with Gasteiger partial charge in [-0.2, -0.15) is 0 Å². The van der Waals surface area contributed by atoms with Gasteiger partial charge in [-0.15, -0.1) is 0 Å². The lowest BCUT2D eigenvalue weighted by Gasteiger charge is -2.22. The molecule has 2 unspecified atom stereocenters. The molecule has 0 aliphatic rings. The number of aliphatic hydroxyl groups excluding tert-OH is 2. The quantitative estimate of drug-likeness (QED) is 0.0320. The second kappa shape index (κ2) is 69.8. The number of hydrogen-bond donors (Lipinski definition) is 3. The van der Waals surface area contributed by atoms with Crippen molar-refractivity contribution in [2.45, 2.75) is 424 Å². The molecule has 3 N–H and O–H groups in total. The van der Waals surface area contributed by atoms with E-state index in [4.69, 9.17) is 4.74 Å². The van der Waals surface area contributed by atoms with E-state index in [1.54, 1.807) is 0 Å². The molecule has 0 aliphatic carbocycles. The third kappa shape index (κ3) is 65.5. The summed E-state index contributed by atoms with van der Waals surface area (Å²) in [5.74, 6) is -0.0176. The molecule has 0 rings (SSSR count). The summed E-state index contributed by atoms with van der Waals surface area (Å²) in [6.07, 6.45) is 88.1. The number of hydrogen-bond acceptors (Lipinski definition) is 5. The Bertz CT molecular complexity index is 1250. The fourth-order valence-corrected chi connectivity index (χ4v) is 11.7. The van der Waals surface area contributed by atoms with Gasteiger partial charge in [0.15, 0.2) is 0 Å². The molecule has 6 nitrogen and oxygen atoms in total. The van der Waals surface area contributed by atoms with Crippen LogP contribution in [0.15, 0.2) is 24.3 Å². The first-order valence-electron chi connectivity index (χ1n) is 36.6. The maximum atomic E-state index is 12.6. The van der Waals surface area contributed by atoms with Gasteiger partial charge in [-0.05, 0) is 57.8 Å². The number of unbranched alkanes of at least 4 members (excludes halogenated alkanes) is 54. The topological polar surface area (TPSA) is 95.9 Å². The van der Waals surface area contributed by atoms with Gasteiger partial charge in [0.25, 0.3) is 0 Å². The third-order valence-corrected chi connectivity index (χ3v) is 17.3. The van der Waals surface area contributed by atoms with Crippen LogP contribution in [0, 0.1) is 0 Å². The van der Waals surface area contributed by atoms with E-state index >= 15 is 0 Å². The van der Waals surface area contributed by atoms with Crippen LogP contribution in [-0.4, -0.2) is 47.4 Å². The van der Waals surface area contributed by atoms with Crippen LogP contribution in [0.2, 0.25) is 0 Å². The van der Waals surface area contributed by atoms with Crippen LogP contribution >= 0.6 is 0 Å². The molecular weight excluding hydrogens is 983 g/mol. The Morgan fingerprint density at radius 3 is 0.950 bits per heavy atom. The number of esters is 1. The summed E-state index contributed by atoms with van der Waals surface area (Å²) in [6, 6.07) is -0.543. The van der Waals surface area contributed by atoms with Gasteiger partial charge in [0.1, 0.15) is 0 Å². The third-order valence-electron chi connectivity index (χ3n) is 17.3. The van der Waals surface area contributed by atoms with Crippen LogP contribution in [0.5, 0.6) is 0 Å². The molecule has 0 aliphatic heterocycles. The van der Waals surface area contributed by atoms with Crippen molar-refractivity contribution in [3.05, 3.63) is 24.3 Å². The molecule has 80 heavy (non-hydrogen) atoms. The molecule has 6 heteroatoms. The number of nitrogens with one attached hydrogen (secondary N) is 1. The molecule has 0 aromatic carbocycles. The Balaban J connectivity index is 3.40. The maximum Gasteiger partial charge on any atom is 0.305 e. The molecule has 0 aromatic rings. The molecular formula is C74H143NO5. The predicted molar refractivity (Wildman–Crippen MR) is 352 cm³/mol. The molecule has 0 spiro atoms. The van der Waals surface area contributed by atoms with Gasteiger partial charge < -0.3 is 20.3 Å². The normalized spacial score (nSPS) is 12.6. The van der Waals surface area contributed by atoms with Gasteiger partial charge in [0.2, 0.25) is 5.91 Å². The fraction of sp³-hybridized carbons (Fsp3) is 0.919. The summed E-state index contributed by atoms with van der Waals surface area (Å²) in [5, 5.41) is 23.4. The molecule has 1 amide bonds. The second-order valence-electron chi connectivity index (χ2n) is 25.3. The molecule has 0 saturated heterocycles. The van der Waals surface area contributed by atoms with Gasteiger partial charge in [0.05, 0.1) is 25.4 Å². The van der Waals surface area contributed by atoms with Gasteiger partial charge in [0, 0.05) is 12.8 Å². The predicted octanol–water partition coefficient (Wildman–Crippen LogP) is 23.7. The molecule has 0 fully saturated rings. The van der Waals surface area contributed by atoms with Crippen LogP contribution < -0.4 is 5.32 Å². The van der Waals surface area contributed by atoms with Crippen molar-refractivity contribution in [3.8, 4) is 0 Å². The van der Waals surface area contributed by atoms with E-state index in [1.165, 1.54) is 334 Å². The standard InChI is InChI=1S/C74H143NO5/c1-3-5-7-9-11-13-15-17-18-19-20-21-31-34-37-40-43-46-50-54-58-62-66-72(77)71(70-76)75-73(78)67-63-59-55-51-47-44-41-38-35-32-29-27-25-23-22-24-26-28-30-33-36-39-42-45-49-53-57-61-65-69-80-74(79)68-64-60-56-52-48-16-14-12-10-8-6-4-2/h22,24,28,30,71-72,76-77H,3-21,23,25-27,29,31-70H2,1-2H3,(H,75,78)/b24-22-,30-28-. The zero-order valence-corrected chi connectivity index (χ0v) is 54.3. The van der Waals surface area contributed by atoms with Crippen molar-refractivity contribution < 1.29 is 24.5 Å². The van der Waals surface area contributed by atoms with Gasteiger partial charge >= 0.3 is 5.97 Å². The summed E-state index contributed by atoms with van der Waals surface area (Å²) < 4.78 is 5.48. The first-order chi connectivity index (χ1) is 39.5. The van der Waals surface area contributed by atoms with Crippen molar-refractivity contribution in [2.75, 3.05) is 13.2 Å². The summed E-state index contributed by atoms with van der Waals surface area (Å²) >= 11 is 0. The minimum absolute atomic E-state index is 0.0135. The first kappa shape index (κ1) is 78.3. The van der Waals surface area contributed by atoms with Gasteiger partial charge in [-0.1, -0.05) is 366 Å². The number of amides is 1. The molecule has 0 bridgehead atoms. The number of aliphatic hydroxyl groups is 2. The second-order valence-corrected chi connectivity index (χ2v) is 25.3. The van der Waals surface area contributed by atoms with Gasteiger partial charge in [-0.3, -0.25) is 9.59 Å². The van der Waals surface area contributed by atoms with Crippen LogP contribution in [0.1, 0.15) is 412 Å². The fourth-order valence-electron chi connectivity index (χ4n) is 11.7. The van der Waals surface area contributed by atoms with Crippen LogP contribution in [0.3, 0.4) is 0 Å². The van der Waals surface area contributed by atoms with Crippen molar-refractivity contribution in [3.63, 3.8) is 0 Å². The molecule has 0 saturated carbocycles. The zero-order chi connectivity index (χ0) is 57.8. The summed E-state index contributed by atoms with van der Waals surface area (Å²) in [5.41, 5.74) is 0. The smallest absolute Gasteiger partial charge is 0.305 e. The largest absolute Gasteiger partial charge is 0.466 e. The Morgan fingerprint density at radius 2 is 0.625 bits per heavy atom. The molecule has 2 atom stereocenters. The van der Waals surface area contributed by atoms with Crippen LogP contribution in [-0.2, 0) is 14.3 Å². The summed E-state index contributed by atoms with van der Waals surface area (Å²) in [7, 11) is 0.